The van der Waals surface area contributed by atoms with Crippen LogP contribution in [0.3, 0.4) is 0 Å². The molecule has 1 saturated carbocycles. The molecule has 1 aromatic rings. The van der Waals surface area contributed by atoms with Crippen LogP contribution in [-0.2, 0) is 15.0 Å². The van der Waals surface area contributed by atoms with Crippen LogP contribution in [0.25, 0.3) is 0 Å². The van der Waals surface area contributed by atoms with E-state index in [9.17, 15) is 9.59 Å². The number of hydrazone groups is 1. The third-order valence-electron chi connectivity index (χ3n) is 3.65. The molecule has 0 unspecified atom stereocenters. The Labute approximate surface area is 115 Å². The second kappa shape index (κ2) is 4.77. The fourth-order valence-corrected chi connectivity index (χ4v) is 3.22. The third kappa shape index (κ3) is 2.53. The highest BCUT2D eigenvalue weighted by Crippen LogP contribution is 2.49. The number of hydrogen-bond donors (Lipinski definition) is 2. The number of amides is 2. The molecule has 2 amide bonds. The highest BCUT2D eigenvalue weighted by atomic mass is 32.1. The Morgan fingerprint density at radius 2 is 2.32 bits per heavy atom. The minimum absolute atomic E-state index is 0.131. The molecular formula is C13H15N3O2S. The van der Waals surface area contributed by atoms with Crippen LogP contribution in [-0.4, -0.2) is 24.1 Å². The van der Waals surface area contributed by atoms with Crippen molar-refractivity contribution in [1.29, 1.82) is 0 Å². The first kappa shape index (κ1) is 12.3. The highest BCUT2D eigenvalue weighted by molar-refractivity contribution is 7.10. The monoisotopic (exact) mass is 277 g/mol. The Bertz CT molecular complexity index is 532. The van der Waals surface area contributed by atoms with Crippen molar-refractivity contribution < 1.29 is 9.59 Å². The molecule has 100 valence electrons. The molecule has 0 aromatic carbocycles. The number of nitrogens with zero attached hydrogens (tertiary/aromatic N) is 1. The van der Waals surface area contributed by atoms with Crippen LogP contribution in [0.4, 0.5) is 0 Å². The van der Waals surface area contributed by atoms with Crippen molar-refractivity contribution in [2.75, 3.05) is 6.54 Å². The van der Waals surface area contributed by atoms with E-state index in [1.165, 1.54) is 4.88 Å². The van der Waals surface area contributed by atoms with E-state index in [1.807, 2.05) is 6.07 Å². The Kier molecular flexibility index (Phi) is 3.10. The smallest absolute Gasteiger partial charge is 0.267 e. The van der Waals surface area contributed by atoms with Gasteiger partial charge in [0.25, 0.3) is 5.91 Å². The van der Waals surface area contributed by atoms with Crippen molar-refractivity contribution >= 4 is 28.9 Å². The fraction of sp³-hybridized carbons (Fsp3) is 0.462. The first-order valence-electron chi connectivity index (χ1n) is 6.37. The zero-order valence-corrected chi connectivity index (χ0v) is 11.3. The van der Waals surface area contributed by atoms with Gasteiger partial charge in [-0.05, 0) is 24.3 Å². The molecule has 3 rings (SSSR count). The summed E-state index contributed by atoms with van der Waals surface area (Å²) in [7, 11) is 0. The molecular weight excluding hydrogens is 262 g/mol. The second-order valence-corrected chi connectivity index (χ2v) is 5.98. The third-order valence-corrected chi connectivity index (χ3v) is 4.77. The standard InChI is InChI=1S/C13H15N3O2S/c17-11-4-3-9(15-16-11)12(18)14-8-13(5-6-13)10-2-1-7-19-10/h1-2,7H,3-6,8H2,(H,14,18)(H,16,17). The number of rotatable bonds is 4. The van der Waals surface area contributed by atoms with Gasteiger partial charge in [0.2, 0.25) is 5.91 Å². The van der Waals surface area contributed by atoms with Gasteiger partial charge in [0, 0.05) is 29.7 Å². The SMILES string of the molecule is O=C1CCC(C(=O)NCC2(c3cccs3)CC2)=NN1. The van der Waals surface area contributed by atoms with Gasteiger partial charge in [-0.2, -0.15) is 5.10 Å². The summed E-state index contributed by atoms with van der Waals surface area (Å²) in [5.74, 6) is -0.295. The molecule has 1 aromatic heterocycles. The van der Waals surface area contributed by atoms with Crippen LogP contribution in [0.1, 0.15) is 30.6 Å². The second-order valence-electron chi connectivity index (χ2n) is 5.03. The van der Waals surface area contributed by atoms with Crippen molar-refractivity contribution in [3.05, 3.63) is 22.4 Å². The summed E-state index contributed by atoms with van der Waals surface area (Å²) in [5, 5.41) is 8.81. The summed E-state index contributed by atoms with van der Waals surface area (Å²) < 4.78 is 0. The Morgan fingerprint density at radius 1 is 1.47 bits per heavy atom. The van der Waals surface area contributed by atoms with Gasteiger partial charge < -0.3 is 5.32 Å². The number of carbonyl (C=O) groups is 2. The summed E-state index contributed by atoms with van der Waals surface area (Å²) in [4.78, 5) is 24.3. The van der Waals surface area contributed by atoms with Gasteiger partial charge in [0.1, 0.15) is 5.71 Å². The van der Waals surface area contributed by atoms with Crippen LogP contribution in [0.5, 0.6) is 0 Å². The Hall–Kier alpha value is -1.69. The fourth-order valence-electron chi connectivity index (χ4n) is 2.23. The summed E-state index contributed by atoms with van der Waals surface area (Å²) in [6, 6.07) is 4.17. The van der Waals surface area contributed by atoms with Crippen molar-refractivity contribution in [3.8, 4) is 0 Å². The molecule has 0 bridgehead atoms. The van der Waals surface area contributed by atoms with E-state index in [-0.39, 0.29) is 17.2 Å². The van der Waals surface area contributed by atoms with Gasteiger partial charge in [-0.25, -0.2) is 5.43 Å². The molecule has 6 heteroatoms. The zero-order chi connectivity index (χ0) is 13.3. The topological polar surface area (TPSA) is 70.6 Å². The van der Waals surface area contributed by atoms with Crippen molar-refractivity contribution in [2.24, 2.45) is 5.10 Å². The van der Waals surface area contributed by atoms with Crippen LogP contribution in [0, 0.1) is 0 Å². The maximum Gasteiger partial charge on any atom is 0.267 e. The molecule has 0 spiro atoms. The van der Waals surface area contributed by atoms with Crippen LogP contribution >= 0.6 is 11.3 Å². The molecule has 5 nitrogen and oxygen atoms in total. The van der Waals surface area contributed by atoms with Gasteiger partial charge in [-0.3, -0.25) is 9.59 Å². The van der Waals surface area contributed by atoms with E-state index in [0.717, 1.165) is 12.8 Å². The lowest BCUT2D eigenvalue weighted by Gasteiger charge is -2.16. The van der Waals surface area contributed by atoms with Gasteiger partial charge in [0.15, 0.2) is 0 Å². The lowest BCUT2D eigenvalue weighted by molar-refractivity contribution is -0.121. The molecule has 19 heavy (non-hydrogen) atoms. The van der Waals surface area contributed by atoms with Crippen LogP contribution in [0.2, 0.25) is 0 Å². The first-order chi connectivity index (χ1) is 9.20. The molecule has 0 radical (unpaired) electrons. The Balaban J connectivity index is 1.58. The lowest BCUT2D eigenvalue weighted by Crippen LogP contribution is -2.40. The Morgan fingerprint density at radius 3 is 2.89 bits per heavy atom. The molecule has 1 aliphatic carbocycles. The molecule has 1 fully saturated rings. The highest BCUT2D eigenvalue weighted by Gasteiger charge is 2.45. The van der Waals surface area contributed by atoms with Crippen molar-refractivity contribution in [1.82, 2.24) is 10.7 Å². The maximum atomic E-state index is 12.0. The van der Waals surface area contributed by atoms with Gasteiger partial charge in [-0.15, -0.1) is 11.3 Å². The summed E-state index contributed by atoms with van der Waals surface area (Å²) >= 11 is 1.74. The molecule has 0 atom stereocenters. The normalized spacial score (nSPS) is 20.4. The van der Waals surface area contributed by atoms with Crippen molar-refractivity contribution in [3.63, 3.8) is 0 Å². The first-order valence-corrected chi connectivity index (χ1v) is 7.25. The van der Waals surface area contributed by atoms with Gasteiger partial charge >= 0.3 is 0 Å². The predicted octanol–water partition coefficient (Wildman–Crippen LogP) is 1.16. The molecule has 2 aliphatic rings. The van der Waals surface area contributed by atoms with E-state index in [2.05, 4.69) is 27.3 Å². The largest absolute Gasteiger partial charge is 0.350 e. The summed E-state index contributed by atoms with van der Waals surface area (Å²) in [6.45, 7) is 0.652. The van der Waals surface area contributed by atoms with E-state index >= 15 is 0 Å². The van der Waals surface area contributed by atoms with Gasteiger partial charge in [0.05, 0.1) is 0 Å². The maximum absolute atomic E-state index is 12.0. The van der Waals surface area contributed by atoms with E-state index in [4.69, 9.17) is 0 Å². The minimum Gasteiger partial charge on any atom is -0.350 e. The van der Waals surface area contributed by atoms with E-state index in [0.29, 0.717) is 25.1 Å². The van der Waals surface area contributed by atoms with Crippen LogP contribution in [0.15, 0.2) is 22.6 Å². The van der Waals surface area contributed by atoms with E-state index < -0.39 is 0 Å². The zero-order valence-electron chi connectivity index (χ0n) is 10.4. The number of nitrogens with one attached hydrogen (secondary N) is 2. The quantitative estimate of drug-likeness (QED) is 0.867. The molecule has 0 saturated heterocycles. The molecule has 2 N–H and O–H groups in total. The lowest BCUT2D eigenvalue weighted by atomic mass is 10.0. The average Bonchev–Trinajstić information content (AvgIpc) is 3.00. The number of thiophene rings is 1. The summed E-state index contributed by atoms with van der Waals surface area (Å²) in [6.07, 6.45) is 3.00. The average molecular weight is 277 g/mol. The van der Waals surface area contributed by atoms with Crippen LogP contribution < -0.4 is 10.7 Å². The number of hydrogen-bond acceptors (Lipinski definition) is 4. The van der Waals surface area contributed by atoms with E-state index in [1.54, 1.807) is 11.3 Å². The van der Waals surface area contributed by atoms with Crippen molar-refractivity contribution in [2.45, 2.75) is 31.1 Å². The predicted molar refractivity (Wildman–Crippen MR) is 73.1 cm³/mol. The van der Waals surface area contributed by atoms with Gasteiger partial charge in [-0.1, -0.05) is 6.07 Å². The number of carbonyl (C=O) groups excluding carboxylic acids is 2. The molecule has 1 aliphatic heterocycles. The summed E-state index contributed by atoms with van der Waals surface area (Å²) in [5.41, 5.74) is 2.90. The molecule has 2 heterocycles. The minimum atomic E-state index is -0.164.